The molecule has 0 saturated carbocycles. The Bertz CT molecular complexity index is 884. The van der Waals surface area contributed by atoms with Crippen molar-refractivity contribution in [2.75, 3.05) is 6.54 Å². The van der Waals surface area contributed by atoms with Crippen LogP contribution in [-0.2, 0) is 20.7 Å². The van der Waals surface area contributed by atoms with Gasteiger partial charge in [-0.2, -0.15) is 0 Å². The number of carbonyl (C=O) groups excluding carboxylic acids is 1. The lowest BCUT2D eigenvalue weighted by Gasteiger charge is -2.34. The largest absolute Gasteiger partial charge is 0.480 e. The number of rotatable bonds is 1. The van der Waals surface area contributed by atoms with Gasteiger partial charge in [0.15, 0.2) is 0 Å². The van der Waals surface area contributed by atoms with Crippen molar-refractivity contribution in [3.63, 3.8) is 0 Å². The van der Waals surface area contributed by atoms with Crippen LogP contribution in [0.25, 0.3) is 10.9 Å². The summed E-state index contributed by atoms with van der Waals surface area (Å²) in [6, 6.07) is 5.09. The number of hydrogen-bond donors (Lipinski definition) is 3. The molecule has 0 spiro atoms. The Morgan fingerprint density at radius 3 is 2.88 bits per heavy atom. The Morgan fingerprint density at radius 2 is 2.12 bits per heavy atom. The molecule has 126 valence electrons. The van der Waals surface area contributed by atoms with E-state index in [0.717, 1.165) is 28.6 Å². The molecule has 1 atom stereocenters. The van der Waals surface area contributed by atoms with Gasteiger partial charge in [0.25, 0.3) is 11.7 Å². The Labute approximate surface area is 143 Å². The molecule has 3 N–H and O–H groups in total. The first-order valence-electron chi connectivity index (χ1n) is 7.74. The first-order chi connectivity index (χ1) is 11.4. The molecule has 0 saturated heterocycles. The highest BCUT2D eigenvalue weighted by atomic mass is 35.5. The van der Waals surface area contributed by atoms with Gasteiger partial charge in [-0.15, -0.1) is 0 Å². The van der Waals surface area contributed by atoms with Gasteiger partial charge in [-0.3, -0.25) is 0 Å². The van der Waals surface area contributed by atoms with E-state index in [9.17, 15) is 9.90 Å². The smallest absolute Gasteiger partial charge is 0.346 e. The lowest BCUT2D eigenvalue weighted by atomic mass is 9.94. The van der Waals surface area contributed by atoms with E-state index < -0.39 is 23.7 Å². The number of aliphatic hydroxyl groups excluding tert-OH is 1. The van der Waals surface area contributed by atoms with Crippen molar-refractivity contribution in [1.82, 2.24) is 10.3 Å². The second kappa shape index (κ2) is 5.16. The third kappa shape index (κ3) is 2.34. The topological polar surface area (TPSA) is 83.6 Å². The number of aromatic amines is 1. The van der Waals surface area contributed by atoms with E-state index in [0.29, 0.717) is 11.6 Å². The third-order valence-electron chi connectivity index (χ3n) is 4.33. The minimum Gasteiger partial charge on any atom is -0.480 e. The normalized spacial score (nSPS) is 23.0. The number of ether oxygens (including phenoxy) is 2. The lowest BCUT2D eigenvalue weighted by Crippen LogP contribution is -2.42. The summed E-state index contributed by atoms with van der Waals surface area (Å²) in [5.41, 5.74) is 2.91. The van der Waals surface area contributed by atoms with E-state index >= 15 is 0 Å². The fraction of sp³-hybridized carbons (Fsp3) is 0.353. The standard InChI is InChI=1S/C17H17ClN2O4/c1-17(2)23-15(21)12(16(22)24-17)14-13-9(5-6-19-14)10-7-8(18)3-4-11(10)20-13/h3-4,7,14,19-21H,5-6H2,1-2H3. The van der Waals surface area contributed by atoms with E-state index in [4.69, 9.17) is 21.1 Å². The number of cyclic esters (lactones) is 1. The van der Waals surface area contributed by atoms with Crippen molar-refractivity contribution in [3.8, 4) is 0 Å². The number of nitrogens with one attached hydrogen (secondary N) is 2. The number of esters is 1. The van der Waals surface area contributed by atoms with Crippen LogP contribution in [0.3, 0.4) is 0 Å². The molecule has 4 rings (SSSR count). The minimum atomic E-state index is -1.18. The molecule has 3 heterocycles. The monoisotopic (exact) mass is 348 g/mol. The molecule has 6 nitrogen and oxygen atoms in total. The zero-order valence-electron chi connectivity index (χ0n) is 13.3. The number of aromatic nitrogens is 1. The zero-order valence-corrected chi connectivity index (χ0v) is 14.0. The zero-order chi connectivity index (χ0) is 17.1. The molecule has 0 aliphatic carbocycles. The average Bonchev–Trinajstić information content (AvgIpc) is 2.84. The van der Waals surface area contributed by atoms with Gasteiger partial charge in [-0.25, -0.2) is 4.79 Å². The Balaban J connectivity index is 1.85. The van der Waals surface area contributed by atoms with Crippen molar-refractivity contribution in [1.29, 1.82) is 0 Å². The van der Waals surface area contributed by atoms with Crippen LogP contribution in [0, 0.1) is 0 Å². The quantitative estimate of drug-likeness (QED) is 0.690. The van der Waals surface area contributed by atoms with Crippen molar-refractivity contribution in [2.24, 2.45) is 0 Å². The number of benzene rings is 1. The van der Waals surface area contributed by atoms with Gasteiger partial charge in [-0.1, -0.05) is 11.6 Å². The summed E-state index contributed by atoms with van der Waals surface area (Å²) < 4.78 is 10.6. The number of fused-ring (bicyclic) bond motifs is 3. The highest BCUT2D eigenvalue weighted by Crippen LogP contribution is 2.38. The van der Waals surface area contributed by atoms with Crippen LogP contribution in [0.2, 0.25) is 5.02 Å². The molecule has 1 unspecified atom stereocenters. The minimum absolute atomic E-state index is 0.0768. The molecule has 7 heteroatoms. The predicted octanol–water partition coefficient (Wildman–Crippen LogP) is 3.09. The molecule has 2 aliphatic heterocycles. The average molecular weight is 349 g/mol. The van der Waals surface area contributed by atoms with Crippen LogP contribution in [0.4, 0.5) is 0 Å². The van der Waals surface area contributed by atoms with Gasteiger partial charge in [-0.05, 0) is 30.2 Å². The molecule has 1 aromatic carbocycles. The van der Waals surface area contributed by atoms with Crippen LogP contribution in [0.15, 0.2) is 29.7 Å². The van der Waals surface area contributed by atoms with E-state index in [1.165, 1.54) is 0 Å². The van der Waals surface area contributed by atoms with Crippen molar-refractivity contribution in [2.45, 2.75) is 32.1 Å². The second-order valence-corrected chi connectivity index (χ2v) is 6.89. The number of halogens is 1. The van der Waals surface area contributed by atoms with Gasteiger partial charge in [0.2, 0.25) is 0 Å². The van der Waals surface area contributed by atoms with Crippen LogP contribution in [0.1, 0.15) is 31.1 Å². The first-order valence-corrected chi connectivity index (χ1v) is 8.12. The maximum atomic E-state index is 12.4. The summed E-state index contributed by atoms with van der Waals surface area (Å²) in [5, 5.41) is 15.2. The second-order valence-electron chi connectivity index (χ2n) is 6.45. The van der Waals surface area contributed by atoms with E-state index in [2.05, 4.69) is 10.3 Å². The Morgan fingerprint density at radius 1 is 1.33 bits per heavy atom. The van der Waals surface area contributed by atoms with Gasteiger partial charge in [0.05, 0.1) is 6.04 Å². The number of carbonyl (C=O) groups is 1. The fourth-order valence-corrected chi connectivity index (χ4v) is 3.53. The molecular weight excluding hydrogens is 332 g/mol. The fourth-order valence-electron chi connectivity index (χ4n) is 3.36. The SMILES string of the molecule is CC1(C)OC(=O)C(C2NCCc3c2[nH]c2ccc(Cl)cc32)=C(O)O1. The number of H-pyrrole nitrogens is 1. The van der Waals surface area contributed by atoms with Gasteiger partial charge >= 0.3 is 5.97 Å². The molecule has 2 aromatic rings. The van der Waals surface area contributed by atoms with Crippen LogP contribution < -0.4 is 5.32 Å². The molecular formula is C17H17ClN2O4. The maximum Gasteiger partial charge on any atom is 0.346 e. The van der Waals surface area contributed by atoms with E-state index in [-0.39, 0.29) is 5.57 Å². The predicted molar refractivity (Wildman–Crippen MR) is 88.7 cm³/mol. The first kappa shape index (κ1) is 15.4. The summed E-state index contributed by atoms with van der Waals surface area (Å²) in [4.78, 5) is 15.7. The highest BCUT2D eigenvalue weighted by Gasteiger charge is 2.42. The summed E-state index contributed by atoms with van der Waals surface area (Å²) in [5.74, 6) is -2.18. The van der Waals surface area contributed by atoms with Crippen LogP contribution in [0.5, 0.6) is 0 Å². The molecule has 0 bridgehead atoms. The number of hydrogen-bond acceptors (Lipinski definition) is 5. The van der Waals surface area contributed by atoms with E-state index in [1.807, 2.05) is 18.2 Å². The molecule has 0 fully saturated rings. The summed E-state index contributed by atoms with van der Waals surface area (Å²) in [7, 11) is 0. The summed E-state index contributed by atoms with van der Waals surface area (Å²) in [6.45, 7) is 3.80. The number of aliphatic hydroxyl groups is 1. The van der Waals surface area contributed by atoms with Gasteiger partial charge in [0, 0.05) is 42.0 Å². The van der Waals surface area contributed by atoms with Crippen LogP contribution >= 0.6 is 11.6 Å². The Kier molecular flexibility index (Phi) is 3.30. The Hall–Kier alpha value is -2.18. The van der Waals surface area contributed by atoms with Crippen molar-refractivity contribution >= 4 is 28.5 Å². The third-order valence-corrected chi connectivity index (χ3v) is 4.57. The molecule has 0 amide bonds. The molecule has 2 aliphatic rings. The van der Waals surface area contributed by atoms with Crippen molar-refractivity contribution in [3.05, 3.63) is 46.0 Å². The lowest BCUT2D eigenvalue weighted by molar-refractivity contribution is -0.222. The molecule has 0 radical (unpaired) electrons. The van der Waals surface area contributed by atoms with E-state index in [1.54, 1.807) is 13.8 Å². The van der Waals surface area contributed by atoms with Gasteiger partial charge in [0.1, 0.15) is 5.57 Å². The summed E-state index contributed by atoms with van der Waals surface area (Å²) >= 11 is 6.11. The summed E-state index contributed by atoms with van der Waals surface area (Å²) in [6.07, 6.45) is 0.793. The molecule has 1 aromatic heterocycles. The van der Waals surface area contributed by atoms with Gasteiger partial charge < -0.3 is 24.9 Å². The maximum absolute atomic E-state index is 12.4. The highest BCUT2D eigenvalue weighted by molar-refractivity contribution is 6.31. The van der Waals surface area contributed by atoms with Crippen LogP contribution in [-0.4, -0.2) is 28.4 Å². The molecule has 24 heavy (non-hydrogen) atoms. The van der Waals surface area contributed by atoms with Crippen molar-refractivity contribution < 1.29 is 19.4 Å².